The lowest BCUT2D eigenvalue weighted by Crippen LogP contribution is -2.36. The van der Waals surface area contributed by atoms with Crippen molar-refractivity contribution in [2.45, 2.75) is 46.2 Å². The third-order valence-electron chi connectivity index (χ3n) is 3.08. The Morgan fingerprint density at radius 3 is 2.62 bits per heavy atom. The molecule has 1 heterocycles. The zero-order valence-corrected chi connectivity index (χ0v) is 11.3. The summed E-state index contributed by atoms with van der Waals surface area (Å²) in [5.41, 5.74) is 0. The maximum Gasteiger partial charge on any atom is 0.0591 e. The minimum absolute atomic E-state index is 0.642. The molecule has 1 aliphatic rings. The summed E-state index contributed by atoms with van der Waals surface area (Å²) in [6.07, 6.45) is 1.28. The predicted octanol–water partition coefficient (Wildman–Crippen LogP) is 1.73. The highest BCUT2D eigenvalue weighted by Gasteiger charge is 2.23. The smallest absolute Gasteiger partial charge is 0.0591 e. The highest BCUT2D eigenvalue weighted by Crippen LogP contribution is 2.11. The van der Waals surface area contributed by atoms with Crippen molar-refractivity contribution in [2.75, 3.05) is 32.8 Å². The van der Waals surface area contributed by atoms with Crippen molar-refractivity contribution in [2.24, 2.45) is 5.92 Å². The zero-order chi connectivity index (χ0) is 12.0. The molecule has 0 amide bonds. The topological polar surface area (TPSA) is 24.5 Å². The first-order chi connectivity index (χ1) is 7.59. The van der Waals surface area contributed by atoms with Gasteiger partial charge < -0.3 is 10.1 Å². The van der Waals surface area contributed by atoms with Crippen molar-refractivity contribution in [3.63, 3.8) is 0 Å². The standard InChI is InChI=1S/C13H28N2O/c1-11(2)10-16-8-6-14-13-5-7-15(9-13)12(3)4/h11-14H,5-10H2,1-4H3. The molecule has 3 heteroatoms. The summed E-state index contributed by atoms with van der Waals surface area (Å²) in [4.78, 5) is 2.53. The Labute approximate surface area is 101 Å². The fourth-order valence-corrected chi connectivity index (χ4v) is 2.08. The molecule has 1 atom stereocenters. The number of hydrogen-bond donors (Lipinski definition) is 1. The molecular weight excluding hydrogens is 200 g/mol. The highest BCUT2D eigenvalue weighted by atomic mass is 16.5. The van der Waals surface area contributed by atoms with E-state index in [1.165, 1.54) is 19.5 Å². The summed E-state index contributed by atoms with van der Waals surface area (Å²) < 4.78 is 5.55. The maximum atomic E-state index is 5.55. The van der Waals surface area contributed by atoms with E-state index in [9.17, 15) is 0 Å². The molecule has 0 aromatic rings. The second-order valence-electron chi connectivity index (χ2n) is 5.50. The average molecular weight is 228 g/mol. The largest absolute Gasteiger partial charge is 0.380 e. The van der Waals surface area contributed by atoms with Crippen molar-refractivity contribution in [1.82, 2.24) is 10.2 Å². The predicted molar refractivity (Wildman–Crippen MR) is 68.8 cm³/mol. The maximum absolute atomic E-state index is 5.55. The normalized spacial score (nSPS) is 22.5. The van der Waals surface area contributed by atoms with Crippen LogP contribution < -0.4 is 5.32 Å². The Bertz CT molecular complexity index is 183. The van der Waals surface area contributed by atoms with E-state index in [0.717, 1.165) is 19.8 Å². The van der Waals surface area contributed by atoms with Gasteiger partial charge in [0.1, 0.15) is 0 Å². The van der Waals surface area contributed by atoms with Crippen molar-refractivity contribution >= 4 is 0 Å². The fourth-order valence-electron chi connectivity index (χ4n) is 2.08. The van der Waals surface area contributed by atoms with Gasteiger partial charge in [-0.2, -0.15) is 0 Å². The lowest BCUT2D eigenvalue weighted by Gasteiger charge is -2.20. The minimum atomic E-state index is 0.642. The first-order valence-corrected chi connectivity index (χ1v) is 6.64. The second kappa shape index (κ2) is 7.25. The molecular formula is C13H28N2O. The van der Waals surface area contributed by atoms with Crippen LogP contribution in [0.5, 0.6) is 0 Å². The molecule has 1 fully saturated rings. The first kappa shape index (κ1) is 13.9. The minimum Gasteiger partial charge on any atom is -0.380 e. The van der Waals surface area contributed by atoms with Crippen molar-refractivity contribution in [3.05, 3.63) is 0 Å². The summed E-state index contributed by atoms with van der Waals surface area (Å²) in [5.74, 6) is 0.642. The van der Waals surface area contributed by atoms with Gasteiger partial charge in [0, 0.05) is 31.8 Å². The molecule has 16 heavy (non-hydrogen) atoms. The van der Waals surface area contributed by atoms with Crippen molar-refractivity contribution in [1.29, 1.82) is 0 Å². The van der Waals surface area contributed by atoms with Crippen LogP contribution in [0.2, 0.25) is 0 Å². The molecule has 0 aromatic heterocycles. The Balaban J connectivity index is 1.98. The van der Waals surface area contributed by atoms with Gasteiger partial charge in [-0.3, -0.25) is 4.90 Å². The quantitative estimate of drug-likeness (QED) is 0.672. The van der Waals surface area contributed by atoms with Gasteiger partial charge in [0.2, 0.25) is 0 Å². The molecule has 0 aromatic carbocycles. The van der Waals surface area contributed by atoms with E-state index in [1.54, 1.807) is 0 Å². The van der Waals surface area contributed by atoms with Crippen LogP contribution in [0.25, 0.3) is 0 Å². The second-order valence-corrected chi connectivity index (χ2v) is 5.50. The van der Waals surface area contributed by atoms with Gasteiger partial charge in [-0.15, -0.1) is 0 Å². The van der Waals surface area contributed by atoms with Crippen molar-refractivity contribution in [3.8, 4) is 0 Å². The third-order valence-corrected chi connectivity index (χ3v) is 3.08. The van der Waals surface area contributed by atoms with E-state index in [1.807, 2.05) is 0 Å². The zero-order valence-electron chi connectivity index (χ0n) is 11.3. The van der Waals surface area contributed by atoms with Gasteiger partial charge >= 0.3 is 0 Å². The SMILES string of the molecule is CC(C)COCCNC1CCN(C(C)C)C1. The molecule has 96 valence electrons. The monoisotopic (exact) mass is 228 g/mol. The van der Waals surface area contributed by atoms with E-state index >= 15 is 0 Å². The van der Waals surface area contributed by atoms with Crippen LogP contribution in [0.1, 0.15) is 34.1 Å². The molecule has 0 radical (unpaired) electrons. The molecule has 1 aliphatic heterocycles. The van der Waals surface area contributed by atoms with E-state index in [0.29, 0.717) is 18.0 Å². The van der Waals surface area contributed by atoms with E-state index in [-0.39, 0.29) is 0 Å². The Hall–Kier alpha value is -0.120. The van der Waals surface area contributed by atoms with Crippen molar-refractivity contribution < 1.29 is 4.74 Å². The highest BCUT2D eigenvalue weighted by molar-refractivity contribution is 4.82. The van der Waals surface area contributed by atoms with Crippen LogP contribution in [-0.4, -0.2) is 49.8 Å². The number of likely N-dealkylation sites (tertiary alicyclic amines) is 1. The van der Waals surface area contributed by atoms with Crippen LogP contribution in [0.3, 0.4) is 0 Å². The summed E-state index contributed by atoms with van der Waals surface area (Å²) in [7, 11) is 0. The molecule has 1 rings (SSSR count). The third kappa shape index (κ3) is 5.28. The summed E-state index contributed by atoms with van der Waals surface area (Å²) >= 11 is 0. The number of rotatable bonds is 7. The van der Waals surface area contributed by atoms with Crippen LogP contribution in [-0.2, 0) is 4.74 Å². The van der Waals surface area contributed by atoms with Gasteiger partial charge in [0.05, 0.1) is 6.61 Å². The van der Waals surface area contributed by atoms with Gasteiger partial charge in [0.15, 0.2) is 0 Å². The van der Waals surface area contributed by atoms with Crippen LogP contribution >= 0.6 is 0 Å². The van der Waals surface area contributed by atoms with Gasteiger partial charge in [-0.25, -0.2) is 0 Å². The average Bonchev–Trinajstić information content (AvgIpc) is 2.65. The Kier molecular flexibility index (Phi) is 6.32. The van der Waals surface area contributed by atoms with Crippen LogP contribution in [0, 0.1) is 5.92 Å². The summed E-state index contributed by atoms with van der Waals surface area (Å²) in [5, 5.41) is 3.57. The van der Waals surface area contributed by atoms with E-state index in [4.69, 9.17) is 4.74 Å². The number of nitrogens with one attached hydrogen (secondary N) is 1. The first-order valence-electron chi connectivity index (χ1n) is 6.64. The molecule has 0 aliphatic carbocycles. The van der Waals surface area contributed by atoms with Crippen LogP contribution in [0.4, 0.5) is 0 Å². The molecule has 3 nitrogen and oxygen atoms in total. The number of ether oxygens (including phenoxy) is 1. The van der Waals surface area contributed by atoms with Gasteiger partial charge in [-0.05, 0) is 32.7 Å². The lowest BCUT2D eigenvalue weighted by atomic mass is 10.2. The van der Waals surface area contributed by atoms with Crippen LogP contribution in [0.15, 0.2) is 0 Å². The molecule has 1 saturated heterocycles. The molecule has 0 saturated carbocycles. The van der Waals surface area contributed by atoms with E-state index in [2.05, 4.69) is 37.9 Å². The lowest BCUT2D eigenvalue weighted by molar-refractivity contribution is 0.110. The fraction of sp³-hybridized carbons (Fsp3) is 1.00. The molecule has 1 N–H and O–H groups in total. The summed E-state index contributed by atoms with van der Waals surface area (Å²) in [6, 6.07) is 1.36. The van der Waals surface area contributed by atoms with Gasteiger partial charge in [0.25, 0.3) is 0 Å². The molecule has 0 bridgehead atoms. The number of hydrogen-bond acceptors (Lipinski definition) is 3. The van der Waals surface area contributed by atoms with E-state index < -0.39 is 0 Å². The molecule has 0 spiro atoms. The molecule has 1 unspecified atom stereocenters. The summed E-state index contributed by atoms with van der Waals surface area (Å²) in [6.45, 7) is 14.1. The Morgan fingerprint density at radius 1 is 1.31 bits per heavy atom. The van der Waals surface area contributed by atoms with Gasteiger partial charge in [-0.1, -0.05) is 13.8 Å². The number of nitrogens with zero attached hydrogens (tertiary/aromatic N) is 1. The Morgan fingerprint density at radius 2 is 2.06 bits per heavy atom.